The van der Waals surface area contributed by atoms with Crippen molar-refractivity contribution in [2.45, 2.75) is 20.4 Å². The molecule has 0 saturated heterocycles. The lowest BCUT2D eigenvalue weighted by Crippen LogP contribution is -2.44. The molecule has 0 unspecified atom stereocenters. The monoisotopic (exact) mass is 419 g/mol. The largest absolute Gasteiger partial charge is 0.329 e. The molecule has 0 fully saturated rings. The van der Waals surface area contributed by atoms with Crippen LogP contribution in [0.4, 0.5) is 5.69 Å². The van der Waals surface area contributed by atoms with Crippen LogP contribution in [0.3, 0.4) is 0 Å². The second-order valence-corrected chi connectivity index (χ2v) is 5.66. The summed E-state index contributed by atoms with van der Waals surface area (Å²) < 4.78 is 2.57. The fraction of sp³-hybridized carbons (Fsp3) is 0.273. The molecule has 2 aromatic rings. The van der Waals surface area contributed by atoms with Crippen molar-refractivity contribution in [1.29, 1.82) is 0 Å². The van der Waals surface area contributed by atoms with Gasteiger partial charge in [0.05, 0.1) is 27.3 Å². The minimum Gasteiger partial charge on any atom is -0.329 e. The molecule has 0 aliphatic heterocycles. The van der Waals surface area contributed by atoms with Crippen molar-refractivity contribution < 1.29 is 4.79 Å². The Morgan fingerprint density at radius 2 is 2.24 bits per heavy atom. The molecule has 0 bridgehead atoms. The van der Waals surface area contributed by atoms with Gasteiger partial charge in [0.25, 0.3) is 5.91 Å². The molecule has 0 atom stereocenters. The Labute approximate surface area is 140 Å². The van der Waals surface area contributed by atoms with Crippen molar-refractivity contribution in [3.05, 3.63) is 27.4 Å². The second kappa shape index (κ2) is 6.85. The fourth-order valence-electron chi connectivity index (χ4n) is 1.65. The molecule has 0 spiro atoms. The number of thiocarbonyl (C=S) groups is 1. The van der Waals surface area contributed by atoms with E-state index in [2.05, 4.69) is 31.5 Å². The maximum Gasteiger partial charge on any atom is 0.288 e. The number of anilines is 1. The lowest BCUT2D eigenvalue weighted by molar-refractivity contribution is 0.0938. The predicted molar refractivity (Wildman–Crippen MR) is 90.8 cm³/mol. The van der Waals surface area contributed by atoms with Gasteiger partial charge in [-0.2, -0.15) is 10.2 Å². The molecule has 8 nitrogen and oxygen atoms in total. The van der Waals surface area contributed by atoms with Crippen LogP contribution in [0.15, 0.2) is 12.4 Å². The fourth-order valence-corrected chi connectivity index (χ4v) is 2.31. The Morgan fingerprint density at radius 1 is 1.48 bits per heavy atom. The average molecular weight is 419 g/mol. The van der Waals surface area contributed by atoms with Crippen molar-refractivity contribution in [3.63, 3.8) is 0 Å². The van der Waals surface area contributed by atoms with Crippen molar-refractivity contribution >= 4 is 51.5 Å². The first kappa shape index (κ1) is 15.7. The SMILES string of the molecule is CCn1ncc(NC(=S)NNC(=O)c2[nH]ncc2I)c1C. The van der Waals surface area contributed by atoms with Crippen LogP contribution in [-0.2, 0) is 6.54 Å². The number of hydrogen-bond donors (Lipinski definition) is 4. The molecule has 4 N–H and O–H groups in total. The highest BCUT2D eigenvalue weighted by Gasteiger charge is 2.12. The molecule has 0 radical (unpaired) electrons. The topological polar surface area (TPSA) is 99.7 Å². The summed E-state index contributed by atoms with van der Waals surface area (Å²) in [5.74, 6) is -0.345. The Hall–Kier alpha value is -1.69. The number of H-pyrrole nitrogens is 1. The van der Waals surface area contributed by atoms with Crippen molar-refractivity contribution in [2.24, 2.45) is 0 Å². The van der Waals surface area contributed by atoms with E-state index in [1.54, 1.807) is 12.4 Å². The van der Waals surface area contributed by atoms with Gasteiger partial charge in [-0.1, -0.05) is 0 Å². The van der Waals surface area contributed by atoms with Crippen LogP contribution in [0.1, 0.15) is 23.1 Å². The Kier molecular flexibility index (Phi) is 5.12. The zero-order valence-corrected chi connectivity index (χ0v) is 14.4. The van der Waals surface area contributed by atoms with E-state index < -0.39 is 0 Å². The first-order valence-corrected chi connectivity index (χ1v) is 7.60. The number of carbonyl (C=O) groups is 1. The number of carbonyl (C=O) groups excluding carboxylic acids is 1. The summed E-state index contributed by atoms with van der Waals surface area (Å²) in [6.45, 7) is 4.72. The Bertz CT molecular complexity index is 665. The van der Waals surface area contributed by atoms with Gasteiger partial charge < -0.3 is 5.32 Å². The van der Waals surface area contributed by atoms with Crippen LogP contribution in [0.2, 0.25) is 0 Å². The van der Waals surface area contributed by atoms with E-state index in [-0.39, 0.29) is 11.0 Å². The number of rotatable bonds is 3. The molecular formula is C11H14IN7OS. The van der Waals surface area contributed by atoms with E-state index in [1.165, 1.54) is 0 Å². The first-order valence-electron chi connectivity index (χ1n) is 6.11. The number of aromatic nitrogens is 4. The first-order chi connectivity index (χ1) is 10.0. The zero-order chi connectivity index (χ0) is 15.4. The van der Waals surface area contributed by atoms with E-state index in [0.29, 0.717) is 5.69 Å². The van der Waals surface area contributed by atoms with Gasteiger partial charge in [0.1, 0.15) is 5.69 Å². The summed E-state index contributed by atoms with van der Waals surface area (Å²) in [6.07, 6.45) is 3.25. The van der Waals surface area contributed by atoms with Crippen LogP contribution in [0.5, 0.6) is 0 Å². The summed E-state index contributed by atoms with van der Waals surface area (Å²) in [6, 6.07) is 0. The number of amides is 1. The predicted octanol–water partition coefficient (Wildman–Crippen LogP) is 1.17. The molecule has 10 heteroatoms. The van der Waals surface area contributed by atoms with Gasteiger partial charge >= 0.3 is 0 Å². The summed E-state index contributed by atoms with van der Waals surface area (Å²) in [5.41, 5.74) is 7.26. The molecular weight excluding hydrogens is 405 g/mol. The third kappa shape index (κ3) is 3.69. The van der Waals surface area contributed by atoms with Gasteiger partial charge in [0, 0.05) is 6.54 Å². The van der Waals surface area contributed by atoms with Crippen LogP contribution >= 0.6 is 34.8 Å². The minimum absolute atomic E-state index is 0.275. The van der Waals surface area contributed by atoms with Gasteiger partial charge in [0.15, 0.2) is 5.11 Å². The molecule has 0 saturated carbocycles. The smallest absolute Gasteiger partial charge is 0.288 e. The molecule has 0 aromatic carbocycles. The van der Waals surface area contributed by atoms with Crippen LogP contribution in [-0.4, -0.2) is 31.0 Å². The summed E-state index contributed by atoms with van der Waals surface area (Å²) in [4.78, 5) is 11.8. The molecule has 0 aliphatic carbocycles. The van der Waals surface area contributed by atoms with Gasteiger partial charge in [-0.3, -0.25) is 25.4 Å². The van der Waals surface area contributed by atoms with Crippen molar-refractivity contribution in [3.8, 4) is 0 Å². The highest BCUT2D eigenvalue weighted by Crippen LogP contribution is 2.12. The summed E-state index contributed by atoms with van der Waals surface area (Å²) >= 11 is 7.14. The van der Waals surface area contributed by atoms with Crippen LogP contribution in [0, 0.1) is 10.5 Å². The number of halogens is 1. The number of hydrazine groups is 1. The van der Waals surface area contributed by atoms with Crippen LogP contribution in [0.25, 0.3) is 0 Å². The van der Waals surface area contributed by atoms with Gasteiger partial charge in [-0.15, -0.1) is 0 Å². The quantitative estimate of drug-likeness (QED) is 0.339. The number of nitrogens with zero attached hydrogens (tertiary/aromatic N) is 3. The molecule has 0 aliphatic rings. The molecule has 2 rings (SSSR count). The zero-order valence-electron chi connectivity index (χ0n) is 11.4. The molecule has 2 heterocycles. The molecule has 112 valence electrons. The normalized spacial score (nSPS) is 10.2. The van der Waals surface area contributed by atoms with E-state index in [9.17, 15) is 4.79 Å². The van der Waals surface area contributed by atoms with Gasteiger partial charge in [-0.25, -0.2) is 0 Å². The maximum atomic E-state index is 11.8. The third-order valence-electron chi connectivity index (χ3n) is 2.76. The minimum atomic E-state index is -0.345. The number of aryl methyl sites for hydroxylation is 1. The van der Waals surface area contributed by atoms with Crippen molar-refractivity contribution in [2.75, 3.05) is 5.32 Å². The Morgan fingerprint density at radius 3 is 2.81 bits per heavy atom. The van der Waals surface area contributed by atoms with Gasteiger partial charge in [-0.05, 0) is 48.7 Å². The number of hydrogen-bond acceptors (Lipinski definition) is 4. The maximum absolute atomic E-state index is 11.8. The number of aromatic amines is 1. The number of nitrogens with one attached hydrogen (secondary N) is 4. The molecule has 2 aromatic heterocycles. The lowest BCUT2D eigenvalue weighted by atomic mass is 10.4. The molecule has 1 amide bonds. The summed E-state index contributed by atoms with van der Waals surface area (Å²) in [7, 11) is 0. The standard InChI is InChI=1S/C11H14IN7OS/c1-3-19-6(2)8(5-14-19)15-11(21)18-17-10(20)9-7(12)4-13-16-9/h4-5H,3H2,1-2H3,(H,13,16)(H,17,20)(H2,15,18,21). The van der Waals surface area contributed by atoms with Crippen molar-refractivity contribution in [1.82, 2.24) is 30.8 Å². The lowest BCUT2D eigenvalue weighted by Gasteiger charge is -2.11. The average Bonchev–Trinajstić information content (AvgIpc) is 3.03. The molecule has 21 heavy (non-hydrogen) atoms. The van der Waals surface area contributed by atoms with E-state index in [1.807, 2.05) is 41.1 Å². The summed E-state index contributed by atoms with van der Waals surface area (Å²) in [5, 5.41) is 13.8. The van der Waals surface area contributed by atoms with E-state index >= 15 is 0 Å². The second-order valence-electron chi connectivity index (χ2n) is 4.09. The Balaban J connectivity index is 1.89. The highest BCUT2D eigenvalue weighted by molar-refractivity contribution is 14.1. The van der Waals surface area contributed by atoms with Gasteiger partial charge in [0.2, 0.25) is 0 Å². The van der Waals surface area contributed by atoms with Crippen LogP contribution < -0.4 is 16.2 Å². The highest BCUT2D eigenvalue weighted by atomic mass is 127. The van der Waals surface area contributed by atoms with E-state index in [0.717, 1.165) is 21.5 Å². The van der Waals surface area contributed by atoms with E-state index in [4.69, 9.17) is 12.2 Å². The third-order valence-corrected chi connectivity index (χ3v) is 3.78.